The number of aromatic nitrogens is 1. The van der Waals surface area contributed by atoms with E-state index in [0.29, 0.717) is 16.9 Å². The number of anilines is 1. The SMILES string of the molecule is CN1CC(=O)N(c2cccc(-c3cc(C(=O)O)on3)c2)CC1=O. The number of hydrogen-bond acceptors (Lipinski definition) is 5. The van der Waals surface area contributed by atoms with Gasteiger partial charge in [0.15, 0.2) is 0 Å². The summed E-state index contributed by atoms with van der Waals surface area (Å²) in [6, 6.07) is 8.10. The molecule has 0 unspecified atom stereocenters. The molecule has 2 aromatic rings. The second-order valence-electron chi connectivity index (χ2n) is 5.16. The highest BCUT2D eigenvalue weighted by molar-refractivity contribution is 6.04. The van der Waals surface area contributed by atoms with Gasteiger partial charge in [-0.25, -0.2) is 4.79 Å². The molecule has 0 spiro atoms. The Hall–Kier alpha value is -3.16. The number of carbonyl (C=O) groups excluding carboxylic acids is 2. The number of piperazine rings is 1. The van der Waals surface area contributed by atoms with Gasteiger partial charge in [0.05, 0.1) is 6.54 Å². The minimum Gasteiger partial charge on any atom is -0.475 e. The summed E-state index contributed by atoms with van der Waals surface area (Å²) < 4.78 is 4.73. The molecule has 1 aliphatic heterocycles. The van der Waals surface area contributed by atoms with Gasteiger partial charge in [0.1, 0.15) is 12.2 Å². The third kappa shape index (κ3) is 2.78. The maximum absolute atomic E-state index is 12.1. The summed E-state index contributed by atoms with van der Waals surface area (Å²) in [4.78, 5) is 37.5. The zero-order valence-electron chi connectivity index (χ0n) is 12.2. The lowest BCUT2D eigenvalue weighted by molar-refractivity contribution is -0.136. The molecular weight excluding hydrogens is 302 g/mol. The summed E-state index contributed by atoms with van der Waals surface area (Å²) in [5, 5.41) is 12.6. The van der Waals surface area contributed by atoms with Crippen molar-refractivity contribution < 1.29 is 24.0 Å². The summed E-state index contributed by atoms with van der Waals surface area (Å²) in [7, 11) is 1.58. The largest absolute Gasteiger partial charge is 0.475 e. The summed E-state index contributed by atoms with van der Waals surface area (Å²) in [6.45, 7) is -0.00579. The number of carbonyl (C=O) groups is 3. The Balaban J connectivity index is 1.91. The number of aromatic carboxylic acids is 1. The lowest BCUT2D eigenvalue weighted by atomic mass is 10.1. The van der Waals surface area contributed by atoms with Gasteiger partial charge < -0.3 is 19.4 Å². The molecule has 8 heteroatoms. The fourth-order valence-electron chi connectivity index (χ4n) is 2.30. The van der Waals surface area contributed by atoms with Crippen LogP contribution in [0.3, 0.4) is 0 Å². The molecule has 1 aliphatic rings. The third-order valence-electron chi connectivity index (χ3n) is 3.57. The highest BCUT2D eigenvalue weighted by Gasteiger charge is 2.28. The Labute approximate surface area is 130 Å². The highest BCUT2D eigenvalue weighted by Crippen LogP contribution is 2.25. The molecule has 1 aromatic carbocycles. The molecule has 118 valence electrons. The quantitative estimate of drug-likeness (QED) is 0.900. The second-order valence-corrected chi connectivity index (χ2v) is 5.16. The van der Waals surface area contributed by atoms with Crippen molar-refractivity contribution in [3.63, 3.8) is 0 Å². The maximum Gasteiger partial charge on any atom is 0.374 e. The number of carboxylic acid groups (broad SMARTS) is 1. The first-order valence-corrected chi connectivity index (χ1v) is 6.80. The van der Waals surface area contributed by atoms with Crippen LogP contribution in [0, 0.1) is 0 Å². The molecule has 8 nitrogen and oxygen atoms in total. The molecule has 3 rings (SSSR count). The fraction of sp³-hybridized carbons (Fsp3) is 0.200. The smallest absolute Gasteiger partial charge is 0.374 e. The minimum absolute atomic E-state index is 0.0240. The van der Waals surface area contributed by atoms with Crippen molar-refractivity contribution in [3.05, 3.63) is 36.1 Å². The van der Waals surface area contributed by atoms with Crippen LogP contribution in [0.25, 0.3) is 11.3 Å². The molecule has 0 saturated carbocycles. The molecule has 1 saturated heterocycles. The molecule has 0 atom stereocenters. The van der Waals surface area contributed by atoms with Crippen LogP contribution in [0.2, 0.25) is 0 Å². The zero-order chi connectivity index (χ0) is 16.6. The maximum atomic E-state index is 12.1. The first kappa shape index (κ1) is 14.8. The Morgan fingerprint density at radius 2 is 2.00 bits per heavy atom. The van der Waals surface area contributed by atoms with E-state index in [1.165, 1.54) is 15.9 Å². The van der Waals surface area contributed by atoms with Crippen molar-refractivity contribution in [3.8, 4) is 11.3 Å². The van der Waals surface area contributed by atoms with E-state index in [9.17, 15) is 14.4 Å². The van der Waals surface area contributed by atoms with Gasteiger partial charge >= 0.3 is 5.97 Å². The second kappa shape index (κ2) is 5.56. The topological polar surface area (TPSA) is 104 Å². The van der Waals surface area contributed by atoms with E-state index in [2.05, 4.69) is 5.16 Å². The van der Waals surface area contributed by atoms with Crippen LogP contribution in [-0.2, 0) is 9.59 Å². The van der Waals surface area contributed by atoms with Gasteiger partial charge in [-0.1, -0.05) is 17.3 Å². The fourth-order valence-corrected chi connectivity index (χ4v) is 2.30. The van der Waals surface area contributed by atoms with Crippen molar-refractivity contribution in [2.45, 2.75) is 0 Å². The van der Waals surface area contributed by atoms with E-state index >= 15 is 0 Å². The van der Waals surface area contributed by atoms with E-state index in [1.54, 1.807) is 31.3 Å². The number of nitrogens with zero attached hydrogens (tertiary/aromatic N) is 3. The Kier molecular flexibility index (Phi) is 3.57. The number of carboxylic acids is 1. The van der Waals surface area contributed by atoms with E-state index in [0.717, 1.165) is 0 Å². The van der Waals surface area contributed by atoms with Gasteiger partial charge in [-0.15, -0.1) is 0 Å². The van der Waals surface area contributed by atoms with Gasteiger partial charge in [-0.2, -0.15) is 0 Å². The number of benzene rings is 1. The normalized spacial score (nSPS) is 15.2. The van der Waals surface area contributed by atoms with Crippen LogP contribution in [0.4, 0.5) is 5.69 Å². The number of hydrogen-bond donors (Lipinski definition) is 1. The van der Waals surface area contributed by atoms with Crippen molar-refractivity contribution in [2.75, 3.05) is 25.0 Å². The lowest BCUT2D eigenvalue weighted by Gasteiger charge is -2.31. The van der Waals surface area contributed by atoms with E-state index in [1.807, 2.05) is 0 Å². The summed E-state index contributed by atoms with van der Waals surface area (Å²) in [5.74, 6) is -1.81. The average molecular weight is 315 g/mol. The van der Waals surface area contributed by atoms with Crippen molar-refractivity contribution >= 4 is 23.5 Å². The molecule has 0 radical (unpaired) electrons. The molecule has 23 heavy (non-hydrogen) atoms. The molecule has 1 N–H and O–H groups in total. The molecule has 2 heterocycles. The van der Waals surface area contributed by atoms with Crippen LogP contribution in [0.1, 0.15) is 10.6 Å². The average Bonchev–Trinajstić information content (AvgIpc) is 3.01. The summed E-state index contributed by atoms with van der Waals surface area (Å²) in [6.07, 6.45) is 0. The van der Waals surface area contributed by atoms with Crippen LogP contribution in [-0.4, -0.2) is 53.1 Å². The van der Waals surface area contributed by atoms with E-state index in [-0.39, 0.29) is 30.7 Å². The Bertz CT molecular complexity index is 798. The van der Waals surface area contributed by atoms with Gasteiger partial charge in [0.2, 0.25) is 17.6 Å². The number of amides is 2. The van der Waals surface area contributed by atoms with Crippen molar-refractivity contribution in [1.82, 2.24) is 10.1 Å². The van der Waals surface area contributed by atoms with E-state index in [4.69, 9.17) is 9.63 Å². The summed E-state index contributed by atoms with van der Waals surface area (Å²) >= 11 is 0. The predicted octanol–water partition coefficient (Wildman–Crippen LogP) is 0.845. The van der Waals surface area contributed by atoms with Crippen molar-refractivity contribution in [2.24, 2.45) is 0 Å². The van der Waals surface area contributed by atoms with Crippen LogP contribution >= 0.6 is 0 Å². The van der Waals surface area contributed by atoms with Crippen LogP contribution < -0.4 is 4.90 Å². The van der Waals surface area contributed by atoms with Gasteiger partial charge in [-0.05, 0) is 12.1 Å². The van der Waals surface area contributed by atoms with Gasteiger partial charge in [-0.3, -0.25) is 9.59 Å². The van der Waals surface area contributed by atoms with Gasteiger partial charge in [0.25, 0.3) is 0 Å². The zero-order valence-corrected chi connectivity index (χ0v) is 12.2. The minimum atomic E-state index is -1.21. The first-order valence-electron chi connectivity index (χ1n) is 6.80. The monoisotopic (exact) mass is 315 g/mol. The lowest BCUT2D eigenvalue weighted by Crippen LogP contribution is -2.52. The van der Waals surface area contributed by atoms with Crippen LogP contribution in [0.15, 0.2) is 34.9 Å². The molecule has 1 fully saturated rings. The molecule has 1 aromatic heterocycles. The molecule has 0 bridgehead atoms. The van der Waals surface area contributed by atoms with Crippen molar-refractivity contribution in [1.29, 1.82) is 0 Å². The van der Waals surface area contributed by atoms with Gasteiger partial charge in [0, 0.05) is 24.4 Å². The standard InChI is InChI=1S/C15H13N3O5/c1-17-7-14(20)18(8-13(17)19)10-4-2-3-9(5-10)11-6-12(15(21)22)23-16-11/h2-6H,7-8H2,1H3,(H,21,22). The predicted molar refractivity (Wildman–Crippen MR) is 78.9 cm³/mol. The number of likely N-dealkylation sites (N-methyl/N-ethyl adjacent to an activating group) is 1. The van der Waals surface area contributed by atoms with E-state index < -0.39 is 5.97 Å². The Morgan fingerprint density at radius 1 is 1.22 bits per heavy atom. The first-order chi connectivity index (χ1) is 11.0. The number of rotatable bonds is 3. The molecule has 0 aliphatic carbocycles. The van der Waals surface area contributed by atoms with Crippen LogP contribution in [0.5, 0.6) is 0 Å². The third-order valence-corrected chi connectivity index (χ3v) is 3.57. The Morgan fingerprint density at radius 3 is 2.70 bits per heavy atom. The summed E-state index contributed by atoms with van der Waals surface area (Å²) in [5.41, 5.74) is 1.49. The molecule has 2 amide bonds. The highest BCUT2D eigenvalue weighted by atomic mass is 16.5. The molecular formula is C15H13N3O5.